The van der Waals surface area contributed by atoms with E-state index in [1.165, 1.54) is 5.56 Å². The third-order valence-corrected chi connectivity index (χ3v) is 5.95. The molecule has 2 atom stereocenters. The summed E-state index contributed by atoms with van der Waals surface area (Å²) in [5, 5.41) is 11.6. The zero-order valence-electron chi connectivity index (χ0n) is 19.6. The molecule has 2 aliphatic heterocycles. The Morgan fingerprint density at radius 3 is 2.79 bits per heavy atom. The molecule has 0 aliphatic carbocycles. The lowest BCUT2D eigenvalue weighted by atomic mass is 10.0. The third kappa shape index (κ3) is 7.11. The number of guanidine groups is 1. The molecule has 1 aromatic heterocycles. The Labute approximate surface area is 213 Å². The molecule has 3 heterocycles. The molecule has 0 amide bonds. The zero-order chi connectivity index (χ0) is 22.2. The summed E-state index contributed by atoms with van der Waals surface area (Å²) in [5.74, 6) is 2.64. The molecule has 2 N–H and O–H groups in total. The monoisotopic (exact) mass is 569 g/mol. The van der Waals surface area contributed by atoms with E-state index in [0.29, 0.717) is 13.2 Å². The highest BCUT2D eigenvalue weighted by Gasteiger charge is 2.24. The lowest BCUT2D eigenvalue weighted by molar-refractivity contribution is 0.0179. The Bertz CT molecular complexity index is 871. The number of benzene rings is 1. The number of halogens is 1. The Morgan fingerprint density at radius 1 is 1.27 bits per heavy atom. The lowest BCUT2D eigenvalue weighted by Gasteiger charge is -2.34. The van der Waals surface area contributed by atoms with Crippen LogP contribution >= 0.6 is 24.0 Å². The van der Waals surface area contributed by atoms with E-state index >= 15 is 0 Å². The molecule has 0 spiro atoms. The van der Waals surface area contributed by atoms with Crippen molar-refractivity contribution in [3.05, 3.63) is 47.5 Å². The Hall–Kier alpha value is -1.76. The van der Waals surface area contributed by atoms with E-state index in [2.05, 4.69) is 62.9 Å². The van der Waals surface area contributed by atoms with Gasteiger partial charge in [0.2, 0.25) is 0 Å². The van der Waals surface area contributed by atoms with Crippen molar-refractivity contribution in [1.29, 1.82) is 0 Å². The number of methoxy groups -OCH3 is 1. The Balaban J connectivity index is 0.00000306. The molecule has 10 heteroatoms. The fourth-order valence-electron chi connectivity index (χ4n) is 4.36. The van der Waals surface area contributed by atoms with Gasteiger partial charge < -0.3 is 20.1 Å². The number of nitrogens with one attached hydrogen (secondary N) is 2. The maximum absolute atomic E-state index is 5.57. The average molecular weight is 569 g/mol. The quantitative estimate of drug-likeness (QED) is 0.286. The van der Waals surface area contributed by atoms with Crippen molar-refractivity contribution in [1.82, 2.24) is 30.3 Å². The van der Waals surface area contributed by atoms with Crippen LogP contribution in [0.4, 0.5) is 0 Å². The van der Waals surface area contributed by atoms with Crippen LogP contribution in [0.5, 0.6) is 0 Å². The summed E-state index contributed by atoms with van der Waals surface area (Å²) in [6.45, 7) is 8.25. The van der Waals surface area contributed by atoms with Crippen molar-refractivity contribution in [3.63, 3.8) is 0 Å². The molecule has 2 unspecified atom stereocenters. The maximum Gasteiger partial charge on any atom is 0.191 e. The van der Waals surface area contributed by atoms with Crippen molar-refractivity contribution >= 4 is 29.9 Å². The van der Waals surface area contributed by atoms with E-state index in [9.17, 15) is 0 Å². The molecule has 1 saturated heterocycles. The summed E-state index contributed by atoms with van der Waals surface area (Å²) in [5.41, 5.74) is 1.30. The number of hydrogen-bond acceptors (Lipinski definition) is 6. The summed E-state index contributed by atoms with van der Waals surface area (Å²) in [7, 11) is 1.67. The van der Waals surface area contributed by atoms with Gasteiger partial charge in [0.25, 0.3) is 0 Å². The number of aryl methyl sites for hydroxylation is 1. The van der Waals surface area contributed by atoms with E-state index in [0.717, 1.165) is 69.8 Å². The molecular weight excluding hydrogens is 533 g/mol. The van der Waals surface area contributed by atoms with Gasteiger partial charge >= 0.3 is 0 Å². The zero-order valence-corrected chi connectivity index (χ0v) is 21.9. The van der Waals surface area contributed by atoms with Crippen molar-refractivity contribution in [2.24, 2.45) is 4.99 Å². The summed E-state index contributed by atoms with van der Waals surface area (Å²) in [4.78, 5) is 12.0. The molecule has 0 bridgehead atoms. The standard InChI is InChI=1S/C23H35N7O2.HI/c1-3-24-23(26-19-9-10-22-27-21(17-31-2)28-30(22)16-19)25-15-20(18-7-5-4-6-8-18)29-11-13-32-14-12-29;/h4-8,19-20H,3,9-17H2,1-2H3,(H2,24,25,26);1H. The minimum atomic E-state index is 0. The molecule has 1 aromatic carbocycles. The smallest absolute Gasteiger partial charge is 0.191 e. The SMILES string of the molecule is CCNC(=NCC(c1ccccc1)N1CCOCC1)NC1CCc2nc(COC)nn2C1.I. The van der Waals surface area contributed by atoms with Crippen LogP contribution in [0, 0.1) is 0 Å². The summed E-state index contributed by atoms with van der Waals surface area (Å²) < 4.78 is 12.7. The molecule has 4 rings (SSSR count). The normalized spacial score (nSPS) is 19.9. The van der Waals surface area contributed by atoms with Crippen molar-refractivity contribution < 1.29 is 9.47 Å². The first-order valence-electron chi connectivity index (χ1n) is 11.6. The number of ether oxygens (including phenoxy) is 2. The molecule has 2 aliphatic rings. The summed E-state index contributed by atoms with van der Waals surface area (Å²) in [6.07, 6.45) is 1.90. The molecule has 0 saturated carbocycles. The minimum Gasteiger partial charge on any atom is -0.379 e. The first kappa shape index (κ1) is 25.9. The van der Waals surface area contributed by atoms with Gasteiger partial charge in [0.05, 0.1) is 32.3 Å². The van der Waals surface area contributed by atoms with Gasteiger partial charge in [-0.25, -0.2) is 9.67 Å². The van der Waals surface area contributed by atoms with Crippen LogP contribution in [0.15, 0.2) is 35.3 Å². The minimum absolute atomic E-state index is 0. The van der Waals surface area contributed by atoms with Crippen LogP contribution in [0.2, 0.25) is 0 Å². The van der Waals surface area contributed by atoms with E-state index < -0.39 is 0 Å². The van der Waals surface area contributed by atoms with Gasteiger partial charge in [0.15, 0.2) is 11.8 Å². The molecule has 0 radical (unpaired) electrons. The highest BCUT2D eigenvalue weighted by atomic mass is 127. The first-order chi connectivity index (χ1) is 15.8. The van der Waals surface area contributed by atoms with E-state index in [4.69, 9.17) is 14.5 Å². The molecule has 9 nitrogen and oxygen atoms in total. The van der Waals surface area contributed by atoms with Gasteiger partial charge in [-0.3, -0.25) is 9.89 Å². The fourth-order valence-corrected chi connectivity index (χ4v) is 4.36. The summed E-state index contributed by atoms with van der Waals surface area (Å²) in [6, 6.07) is 11.2. The van der Waals surface area contributed by atoms with Crippen LogP contribution in [0.1, 0.15) is 36.6 Å². The number of fused-ring (bicyclic) bond motifs is 1. The highest BCUT2D eigenvalue weighted by Crippen LogP contribution is 2.22. The number of morpholine rings is 1. The van der Waals surface area contributed by atoms with Gasteiger partial charge in [-0.15, -0.1) is 24.0 Å². The van der Waals surface area contributed by atoms with Crippen molar-refractivity contribution in [3.8, 4) is 0 Å². The Morgan fingerprint density at radius 2 is 2.06 bits per heavy atom. The predicted molar refractivity (Wildman–Crippen MR) is 139 cm³/mol. The van der Waals surface area contributed by atoms with Gasteiger partial charge in [-0.1, -0.05) is 30.3 Å². The van der Waals surface area contributed by atoms with Crippen LogP contribution < -0.4 is 10.6 Å². The lowest BCUT2D eigenvalue weighted by Crippen LogP contribution is -2.47. The second-order valence-corrected chi connectivity index (χ2v) is 8.23. The number of aliphatic imine (C=N–C) groups is 1. The molecule has 182 valence electrons. The van der Waals surface area contributed by atoms with Gasteiger partial charge in [0, 0.05) is 39.2 Å². The van der Waals surface area contributed by atoms with Crippen LogP contribution in [0.3, 0.4) is 0 Å². The second kappa shape index (κ2) is 13.2. The molecule has 33 heavy (non-hydrogen) atoms. The van der Waals surface area contributed by atoms with Gasteiger partial charge in [0.1, 0.15) is 12.4 Å². The topological polar surface area (TPSA) is 88.8 Å². The fraction of sp³-hybridized carbons (Fsp3) is 0.609. The second-order valence-electron chi connectivity index (χ2n) is 8.23. The number of rotatable bonds is 8. The van der Waals surface area contributed by atoms with Crippen LogP contribution in [-0.4, -0.2) is 78.2 Å². The van der Waals surface area contributed by atoms with Gasteiger partial charge in [-0.2, -0.15) is 5.10 Å². The predicted octanol–water partition coefficient (Wildman–Crippen LogP) is 1.99. The summed E-state index contributed by atoms with van der Waals surface area (Å²) >= 11 is 0. The first-order valence-corrected chi connectivity index (χ1v) is 11.6. The van der Waals surface area contributed by atoms with E-state index in [1.54, 1.807) is 7.11 Å². The number of hydrogen-bond donors (Lipinski definition) is 2. The van der Waals surface area contributed by atoms with Gasteiger partial charge in [-0.05, 0) is 18.9 Å². The van der Waals surface area contributed by atoms with E-state index in [1.807, 2.05) is 4.68 Å². The van der Waals surface area contributed by atoms with Crippen molar-refractivity contribution in [2.45, 2.75) is 45.0 Å². The molecule has 2 aromatic rings. The number of nitrogens with zero attached hydrogens (tertiary/aromatic N) is 5. The van der Waals surface area contributed by atoms with E-state index in [-0.39, 0.29) is 36.1 Å². The average Bonchev–Trinajstić information content (AvgIpc) is 3.23. The molecular formula is C23H36IN7O2. The highest BCUT2D eigenvalue weighted by molar-refractivity contribution is 14.0. The van der Waals surface area contributed by atoms with Crippen molar-refractivity contribution in [2.75, 3.05) is 46.5 Å². The third-order valence-electron chi connectivity index (χ3n) is 5.95. The van der Waals surface area contributed by atoms with Crippen LogP contribution in [-0.2, 0) is 29.0 Å². The molecule has 1 fully saturated rings. The van der Waals surface area contributed by atoms with Crippen LogP contribution in [0.25, 0.3) is 0 Å². The Kier molecular flexibility index (Phi) is 10.4. The largest absolute Gasteiger partial charge is 0.379 e. The number of aromatic nitrogens is 3. The maximum atomic E-state index is 5.57.